The highest BCUT2D eigenvalue weighted by Crippen LogP contribution is 2.22. The van der Waals surface area contributed by atoms with Gasteiger partial charge in [-0.05, 0) is 31.4 Å². The fraction of sp³-hybridized carbons (Fsp3) is 0.526. The number of aryl methyl sites for hydroxylation is 1. The van der Waals surface area contributed by atoms with Crippen LogP contribution in [-0.2, 0) is 13.0 Å². The average molecular weight is 356 g/mol. The Morgan fingerprint density at radius 1 is 1.23 bits per heavy atom. The number of fused-ring (bicyclic) bond motifs is 1. The largest absolute Gasteiger partial charge is 0.328 e. The average Bonchev–Trinajstić information content (AvgIpc) is 2.84. The van der Waals surface area contributed by atoms with Gasteiger partial charge in [0.15, 0.2) is 5.82 Å². The van der Waals surface area contributed by atoms with Crippen LogP contribution < -0.4 is 16.0 Å². The number of benzene rings is 1. The van der Waals surface area contributed by atoms with E-state index in [1.807, 2.05) is 31.2 Å². The molecule has 1 aromatic heterocycles. The summed E-state index contributed by atoms with van der Waals surface area (Å²) in [5.74, 6) is 2.26. The van der Waals surface area contributed by atoms with Crippen LogP contribution >= 0.6 is 0 Å². The van der Waals surface area contributed by atoms with Crippen molar-refractivity contribution in [3.8, 4) is 0 Å². The SMILES string of the molecule is Cc1ccc(NC(=O)NC(CC(C)C)c2nnc3n2CCNCC3)cc1. The molecule has 0 fully saturated rings. The van der Waals surface area contributed by atoms with E-state index in [9.17, 15) is 4.79 Å². The van der Waals surface area contributed by atoms with Crippen molar-refractivity contribution in [2.24, 2.45) is 5.92 Å². The highest BCUT2D eigenvalue weighted by Gasteiger charge is 2.24. The van der Waals surface area contributed by atoms with E-state index in [0.717, 1.165) is 55.4 Å². The predicted molar refractivity (Wildman–Crippen MR) is 102 cm³/mol. The molecule has 26 heavy (non-hydrogen) atoms. The van der Waals surface area contributed by atoms with Crippen molar-refractivity contribution in [3.05, 3.63) is 41.5 Å². The molecule has 0 bridgehead atoms. The van der Waals surface area contributed by atoms with Gasteiger partial charge in [-0.2, -0.15) is 0 Å². The molecular weight excluding hydrogens is 328 g/mol. The van der Waals surface area contributed by atoms with Crippen molar-refractivity contribution in [2.45, 2.75) is 46.2 Å². The third-order valence-electron chi connectivity index (χ3n) is 4.53. The van der Waals surface area contributed by atoms with Gasteiger partial charge in [0.25, 0.3) is 0 Å². The summed E-state index contributed by atoms with van der Waals surface area (Å²) in [5.41, 5.74) is 1.94. The lowest BCUT2D eigenvalue weighted by Gasteiger charge is -2.21. The Kier molecular flexibility index (Phi) is 5.88. The molecule has 3 N–H and O–H groups in total. The van der Waals surface area contributed by atoms with Crippen LogP contribution in [0.5, 0.6) is 0 Å². The maximum Gasteiger partial charge on any atom is 0.319 e. The Morgan fingerprint density at radius 3 is 2.73 bits per heavy atom. The van der Waals surface area contributed by atoms with E-state index in [4.69, 9.17) is 0 Å². The van der Waals surface area contributed by atoms with Gasteiger partial charge in [-0.3, -0.25) is 0 Å². The molecule has 2 aromatic rings. The van der Waals surface area contributed by atoms with Gasteiger partial charge in [0.1, 0.15) is 5.82 Å². The molecule has 1 aromatic carbocycles. The lowest BCUT2D eigenvalue weighted by molar-refractivity contribution is 0.245. The van der Waals surface area contributed by atoms with Crippen molar-refractivity contribution in [1.82, 2.24) is 25.4 Å². The molecule has 7 heteroatoms. The first-order chi connectivity index (χ1) is 12.5. The molecule has 0 saturated heterocycles. The third kappa shape index (κ3) is 4.60. The van der Waals surface area contributed by atoms with E-state index in [2.05, 4.69) is 44.6 Å². The number of nitrogens with one attached hydrogen (secondary N) is 3. The number of carbonyl (C=O) groups excluding carboxylic acids is 1. The van der Waals surface area contributed by atoms with Crippen molar-refractivity contribution in [1.29, 1.82) is 0 Å². The molecule has 1 unspecified atom stereocenters. The lowest BCUT2D eigenvalue weighted by atomic mass is 10.0. The molecule has 140 valence electrons. The number of anilines is 1. The normalized spacial score (nSPS) is 15.2. The van der Waals surface area contributed by atoms with E-state index in [1.54, 1.807) is 0 Å². The van der Waals surface area contributed by atoms with Gasteiger partial charge >= 0.3 is 6.03 Å². The second kappa shape index (κ2) is 8.31. The second-order valence-electron chi connectivity index (χ2n) is 7.27. The molecule has 1 aliphatic rings. The third-order valence-corrected chi connectivity index (χ3v) is 4.53. The van der Waals surface area contributed by atoms with Gasteiger partial charge in [-0.1, -0.05) is 31.5 Å². The first-order valence-electron chi connectivity index (χ1n) is 9.30. The Labute approximate surface area is 154 Å². The van der Waals surface area contributed by atoms with Crippen LogP contribution in [0.25, 0.3) is 0 Å². The Bertz CT molecular complexity index is 737. The first kappa shape index (κ1) is 18.4. The van der Waals surface area contributed by atoms with Crippen LogP contribution in [0.2, 0.25) is 0 Å². The van der Waals surface area contributed by atoms with Gasteiger partial charge in [0.05, 0.1) is 6.04 Å². The van der Waals surface area contributed by atoms with Crippen molar-refractivity contribution >= 4 is 11.7 Å². The zero-order valence-electron chi connectivity index (χ0n) is 15.7. The van der Waals surface area contributed by atoms with Crippen molar-refractivity contribution in [2.75, 3.05) is 18.4 Å². The smallest absolute Gasteiger partial charge is 0.319 e. The molecule has 0 saturated carbocycles. The highest BCUT2D eigenvalue weighted by molar-refractivity contribution is 5.89. The predicted octanol–water partition coefficient (Wildman–Crippen LogP) is 2.64. The Morgan fingerprint density at radius 2 is 2.00 bits per heavy atom. The molecule has 0 aliphatic carbocycles. The zero-order valence-corrected chi connectivity index (χ0v) is 15.7. The summed E-state index contributed by atoms with van der Waals surface area (Å²) >= 11 is 0. The van der Waals surface area contributed by atoms with Crippen LogP contribution in [0.3, 0.4) is 0 Å². The topological polar surface area (TPSA) is 83.9 Å². The summed E-state index contributed by atoms with van der Waals surface area (Å²) in [5, 5.41) is 18.1. The summed E-state index contributed by atoms with van der Waals surface area (Å²) in [6, 6.07) is 7.38. The van der Waals surface area contributed by atoms with E-state index in [1.165, 1.54) is 0 Å². The quantitative estimate of drug-likeness (QED) is 0.769. The maximum absolute atomic E-state index is 12.5. The van der Waals surface area contributed by atoms with Crippen LogP contribution in [0, 0.1) is 12.8 Å². The summed E-state index contributed by atoms with van der Waals surface area (Å²) in [6.45, 7) is 8.94. The fourth-order valence-electron chi connectivity index (χ4n) is 3.21. The molecule has 2 amide bonds. The number of urea groups is 1. The summed E-state index contributed by atoms with van der Waals surface area (Å²) in [7, 11) is 0. The summed E-state index contributed by atoms with van der Waals surface area (Å²) in [6.07, 6.45) is 1.67. The number of hydrogen-bond acceptors (Lipinski definition) is 4. The second-order valence-corrected chi connectivity index (χ2v) is 7.27. The van der Waals surface area contributed by atoms with E-state index in [-0.39, 0.29) is 12.1 Å². The first-order valence-corrected chi connectivity index (χ1v) is 9.30. The monoisotopic (exact) mass is 356 g/mol. The number of nitrogens with zero attached hydrogens (tertiary/aromatic N) is 3. The number of carbonyl (C=O) groups is 1. The lowest BCUT2D eigenvalue weighted by Crippen LogP contribution is -2.35. The van der Waals surface area contributed by atoms with Crippen molar-refractivity contribution in [3.63, 3.8) is 0 Å². The minimum atomic E-state index is -0.219. The Balaban J connectivity index is 1.75. The molecule has 3 rings (SSSR count). The fourth-order valence-corrected chi connectivity index (χ4v) is 3.21. The molecule has 1 atom stereocenters. The van der Waals surface area contributed by atoms with E-state index in [0.29, 0.717) is 5.92 Å². The molecule has 0 radical (unpaired) electrons. The van der Waals surface area contributed by atoms with Gasteiger partial charge in [-0.25, -0.2) is 4.79 Å². The standard InChI is InChI=1S/C19H28N6O/c1-13(2)12-16(18-24-23-17-8-9-20-10-11-25(17)18)22-19(26)21-15-6-4-14(3)5-7-15/h4-7,13,16,20H,8-12H2,1-3H3,(H2,21,22,26). The minimum absolute atomic E-state index is 0.167. The minimum Gasteiger partial charge on any atom is -0.328 e. The number of amides is 2. The summed E-state index contributed by atoms with van der Waals surface area (Å²) in [4.78, 5) is 12.5. The van der Waals surface area contributed by atoms with Crippen LogP contribution in [-0.4, -0.2) is 33.9 Å². The van der Waals surface area contributed by atoms with E-state index < -0.39 is 0 Å². The molecule has 0 spiro atoms. The van der Waals surface area contributed by atoms with Crippen LogP contribution in [0.4, 0.5) is 10.5 Å². The number of hydrogen-bond donors (Lipinski definition) is 3. The van der Waals surface area contributed by atoms with Crippen molar-refractivity contribution < 1.29 is 4.79 Å². The molecular formula is C19H28N6O. The molecule has 1 aliphatic heterocycles. The Hall–Kier alpha value is -2.41. The highest BCUT2D eigenvalue weighted by atomic mass is 16.2. The molecule has 7 nitrogen and oxygen atoms in total. The van der Waals surface area contributed by atoms with Crippen LogP contribution in [0.15, 0.2) is 24.3 Å². The molecule has 2 heterocycles. The zero-order chi connectivity index (χ0) is 18.5. The number of rotatable bonds is 5. The van der Waals surface area contributed by atoms with Gasteiger partial charge < -0.3 is 20.5 Å². The van der Waals surface area contributed by atoms with Gasteiger partial charge in [-0.15, -0.1) is 10.2 Å². The van der Waals surface area contributed by atoms with E-state index >= 15 is 0 Å². The summed E-state index contributed by atoms with van der Waals surface area (Å²) < 4.78 is 2.15. The van der Waals surface area contributed by atoms with Gasteiger partial charge in [0, 0.05) is 31.7 Å². The van der Waals surface area contributed by atoms with Crippen LogP contribution in [0.1, 0.15) is 43.5 Å². The van der Waals surface area contributed by atoms with Gasteiger partial charge in [0.2, 0.25) is 0 Å². The number of aromatic nitrogens is 3. The maximum atomic E-state index is 12.5.